The Bertz CT molecular complexity index is 1090. The lowest BCUT2D eigenvalue weighted by Crippen LogP contribution is -2.17. The van der Waals surface area contributed by atoms with Crippen molar-refractivity contribution < 1.29 is 27.3 Å². The second kappa shape index (κ2) is 9.50. The first-order valence-corrected chi connectivity index (χ1v) is 9.58. The molecule has 0 saturated heterocycles. The number of esters is 1. The highest BCUT2D eigenvalue weighted by molar-refractivity contribution is 7.85. The quantitative estimate of drug-likeness (QED) is 0.269. The van der Waals surface area contributed by atoms with Crippen LogP contribution in [0.15, 0.2) is 65.2 Å². The van der Waals surface area contributed by atoms with Gasteiger partial charge in [-0.1, -0.05) is 18.2 Å². The summed E-state index contributed by atoms with van der Waals surface area (Å²) in [5, 5.41) is 14.4. The molecule has 0 aliphatic rings. The van der Waals surface area contributed by atoms with Crippen molar-refractivity contribution in [2.75, 3.05) is 12.4 Å². The second-order valence-electron chi connectivity index (χ2n) is 5.70. The lowest BCUT2D eigenvalue weighted by molar-refractivity contribution is -0.112. The van der Waals surface area contributed by atoms with Crippen LogP contribution in [0.5, 0.6) is 0 Å². The van der Waals surface area contributed by atoms with Crippen LogP contribution >= 0.6 is 0 Å². The molecule has 150 valence electrons. The molecule has 9 nitrogen and oxygen atoms in total. The Morgan fingerprint density at radius 2 is 1.90 bits per heavy atom. The number of nitrogens with zero attached hydrogens (tertiary/aromatic N) is 1. The monoisotopic (exact) mass is 415 g/mol. The molecule has 0 spiro atoms. The van der Waals surface area contributed by atoms with E-state index in [1.807, 2.05) is 0 Å². The highest BCUT2D eigenvalue weighted by Crippen LogP contribution is 2.15. The first-order valence-electron chi connectivity index (χ1n) is 8.14. The van der Waals surface area contributed by atoms with E-state index in [9.17, 15) is 23.3 Å². The zero-order valence-corrected chi connectivity index (χ0v) is 16.1. The maximum Gasteiger partial charge on any atom is 0.337 e. The van der Waals surface area contributed by atoms with Gasteiger partial charge in [0.05, 0.1) is 17.6 Å². The number of nitriles is 1. The SMILES string of the molecule is COC(=O)c1ccc(CN/C=C(/C#N)C(=O)Nc2cccc(S(=O)(=O)O)c2)cc1. The van der Waals surface area contributed by atoms with Crippen LogP contribution < -0.4 is 10.6 Å². The molecule has 0 unspecified atom stereocenters. The smallest absolute Gasteiger partial charge is 0.337 e. The third-order valence-electron chi connectivity index (χ3n) is 3.68. The third-order valence-corrected chi connectivity index (χ3v) is 4.53. The van der Waals surface area contributed by atoms with Crippen molar-refractivity contribution in [3.8, 4) is 6.07 Å². The first-order chi connectivity index (χ1) is 13.7. The Labute approximate surface area is 167 Å². The molecule has 0 saturated carbocycles. The lowest BCUT2D eigenvalue weighted by atomic mass is 10.1. The van der Waals surface area contributed by atoms with Crippen molar-refractivity contribution >= 4 is 27.7 Å². The fourth-order valence-corrected chi connectivity index (χ4v) is 2.76. The first kappa shape index (κ1) is 21.6. The van der Waals surface area contributed by atoms with E-state index in [2.05, 4.69) is 15.4 Å². The maximum absolute atomic E-state index is 12.2. The fourth-order valence-electron chi connectivity index (χ4n) is 2.23. The molecule has 0 atom stereocenters. The average molecular weight is 415 g/mol. The van der Waals surface area contributed by atoms with Gasteiger partial charge in [-0.15, -0.1) is 0 Å². The van der Waals surface area contributed by atoms with Gasteiger partial charge in [-0.25, -0.2) is 4.79 Å². The minimum absolute atomic E-state index is 0.102. The van der Waals surface area contributed by atoms with E-state index in [1.165, 1.54) is 31.5 Å². The van der Waals surface area contributed by atoms with Crippen LogP contribution in [0.2, 0.25) is 0 Å². The van der Waals surface area contributed by atoms with Crippen molar-refractivity contribution in [3.05, 3.63) is 71.4 Å². The molecule has 2 aromatic carbocycles. The van der Waals surface area contributed by atoms with E-state index in [0.29, 0.717) is 5.56 Å². The molecule has 0 fully saturated rings. The van der Waals surface area contributed by atoms with Crippen LogP contribution in [0.1, 0.15) is 15.9 Å². The molecule has 3 N–H and O–H groups in total. The van der Waals surface area contributed by atoms with E-state index in [0.717, 1.165) is 11.6 Å². The number of hydrogen-bond acceptors (Lipinski definition) is 7. The van der Waals surface area contributed by atoms with Crippen molar-refractivity contribution in [2.45, 2.75) is 11.4 Å². The molecule has 0 radical (unpaired) electrons. The number of rotatable bonds is 7. The van der Waals surface area contributed by atoms with Gasteiger partial charge in [0.1, 0.15) is 11.6 Å². The second-order valence-corrected chi connectivity index (χ2v) is 7.12. The number of anilines is 1. The Morgan fingerprint density at radius 3 is 2.48 bits per heavy atom. The number of ether oxygens (including phenoxy) is 1. The summed E-state index contributed by atoms with van der Waals surface area (Å²) in [6, 6.07) is 13.3. The maximum atomic E-state index is 12.2. The number of amides is 1. The summed E-state index contributed by atoms with van der Waals surface area (Å²) in [6.45, 7) is 0.290. The van der Waals surface area contributed by atoms with Crippen LogP contribution in [-0.2, 0) is 26.2 Å². The van der Waals surface area contributed by atoms with Gasteiger partial charge < -0.3 is 15.4 Å². The number of benzene rings is 2. The van der Waals surface area contributed by atoms with Gasteiger partial charge in [-0.3, -0.25) is 9.35 Å². The Morgan fingerprint density at radius 1 is 1.21 bits per heavy atom. The molecule has 0 aliphatic heterocycles. The topological polar surface area (TPSA) is 146 Å². The fraction of sp³-hybridized carbons (Fsp3) is 0.105. The van der Waals surface area contributed by atoms with E-state index < -0.39 is 22.0 Å². The lowest BCUT2D eigenvalue weighted by Gasteiger charge is -2.07. The highest BCUT2D eigenvalue weighted by Gasteiger charge is 2.13. The molecule has 2 rings (SSSR count). The van der Waals surface area contributed by atoms with E-state index in [-0.39, 0.29) is 22.7 Å². The molecule has 29 heavy (non-hydrogen) atoms. The molecule has 0 aromatic heterocycles. The average Bonchev–Trinajstić information content (AvgIpc) is 2.70. The normalized spacial score (nSPS) is 11.3. The summed E-state index contributed by atoms with van der Waals surface area (Å²) in [5.74, 6) is -1.21. The zero-order valence-electron chi connectivity index (χ0n) is 15.2. The minimum Gasteiger partial charge on any atom is -0.465 e. The Hall–Kier alpha value is -3.68. The molecular weight excluding hydrogens is 398 g/mol. The van der Waals surface area contributed by atoms with Gasteiger partial charge >= 0.3 is 5.97 Å². The number of methoxy groups -OCH3 is 1. The molecule has 0 aliphatic carbocycles. The number of nitrogens with one attached hydrogen (secondary N) is 2. The van der Waals surface area contributed by atoms with Crippen LogP contribution in [0.4, 0.5) is 5.69 Å². The Kier molecular flexibility index (Phi) is 7.08. The third kappa shape index (κ3) is 6.17. The van der Waals surface area contributed by atoms with Crippen LogP contribution in [0.25, 0.3) is 0 Å². The molecule has 0 heterocycles. The molecular formula is C19H17N3O6S. The van der Waals surface area contributed by atoms with Gasteiger partial charge in [0.2, 0.25) is 0 Å². The van der Waals surface area contributed by atoms with Gasteiger partial charge in [-0.05, 0) is 35.9 Å². The minimum atomic E-state index is -4.41. The summed E-state index contributed by atoms with van der Waals surface area (Å²) >= 11 is 0. The predicted octanol–water partition coefficient (Wildman–Crippen LogP) is 1.86. The van der Waals surface area contributed by atoms with Gasteiger partial charge in [-0.2, -0.15) is 13.7 Å². The summed E-state index contributed by atoms with van der Waals surface area (Å²) < 4.78 is 36.0. The highest BCUT2D eigenvalue weighted by atomic mass is 32.2. The summed E-state index contributed by atoms with van der Waals surface area (Å²) in [5.41, 5.74) is 1.06. The van der Waals surface area contributed by atoms with Gasteiger partial charge in [0.15, 0.2) is 0 Å². The van der Waals surface area contributed by atoms with E-state index in [4.69, 9.17) is 4.55 Å². The van der Waals surface area contributed by atoms with Crippen molar-refractivity contribution in [1.82, 2.24) is 5.32 Å². The molecule has 1 amide bonds. The van der Waals surface area contributed by atoms with E-state index >= 15 is 0 Å². The van der Waals surface area contributed by atoms with Crippen molar-refractivity contribution in [2.24, 2.45) is 0 Å². The zero-order chi connectivity index (χ0) is 21.4. The van der Waals surface area contributed by atoms with Crippen LogP contribution in [0.3, 0.4) is 0 Å². The van der Waals surface area contributed by atoms with Crippen molar-refractivity contribution in [3.63, 3.8) is 0 Å². The Balaban J connectivity index is 2.02. The summed E-state index contributed by atoms with van der Waals surface area (Å²) in [6.07, 6.45) is 1.22. The molecule has 0 bridgehead atoms. The molecule has 2 aromatic rings. The summed E-state index contributed by atoms with van der Waals surface area (Å²) in [4.78, 5) is 23.2. The predicted molar refractivity (Wildman–Crippen MR) is 103 cm³/mol. The van der Waals surface area contributed by atoms with Gasteiger partial charge in [0, 0.05) is 18.4 Å². The standard InChI is InChI=1S/C19H17N3O6S/c1-28-19(24)14-7-5-13(6-8-14)11-21-12-15(10-20)18(23)22-16-3-2-4-17(9-16)29(25,26)27/h2-9,12,21H,11H2,1H3,(H,22,23)(H,25,26,27)/b15-12-. The number of hydrogen-bond donors (Lipinski definition) is 3. The number of carbonyl (C=O) groups is 2. The van der Waals surface area contributed by atoms with E-state index in [1.54, 1.807) is 30.3 Å². The van der Waals surface area contributed by atoms with Crippen LogP contribution in [-0.4, -0.2) is 32.0 Å². The van der Waals surface area contributed by atoms with Crippen molar-refractivity contribution in [1.29, 1.82) is 5.26 Å². The molecule has 10 heteroatoms. The van der Waals surface area contributed by atoms with Gasteiger partial charge in [0.25, 0.3) is 16.0 Å². The van der Waals surface area contributed by atoms with Crippen LogP contribution in [0, 0.1) is 11.3 Å². The summed E-state index contributed by atoms with van der Waals surface area (Å²) in [7, 11) is -3.13. The largest absolute Gasteiger partial charge is 0.465 e. The number of carbonyl (C=O) groups excluding carboxylic acids is 2.